The van der Waals surface area contributed by atoms with Crippen LogP contribution in [-0.2, 0) is 11.0 Å². The Morgan fingerprint density at radius 3 is 2.59 bits per heavy atom. The number of benzene rings is 2. The van der Waals surface area contributed by atoms with Crippen LogP contribution in [0.5, 0.6) is 0 Å². The lowest BCUT2D eigenvalue weighted by atomic mass is 9.96. The molecule has 0 fully saturated rings. The molecule has 0 radical (unpaired) electrons. The van der Waals surface area contributed by atoms with Crippen molar-refractivity contribution in [3.05, 3.63) is 76.0 Å². The number of primary amides is 1. The van der Waals surface area contributed by atoms with Gasteiger partial charge in [0.2, 0.25) is 5.91 Å². The van der Waals surface area contributed by atoms with Crippen LogP contribution in [0.25, 0.3) is 0 Å². The lowest BCUT2D eigenvalue weighted by Gasteiger charge is -2.22. The minimum Gasteiger partial charge on any atom is -0.366 e. The summed E-state index contributed by atoms with van der Waals surface area (Å²) in [7, 11) is 1.69. The van der Waals surface area contributed by atoms with Crippen LogP contribution in [-0.4, -0.2) is 25.2 Å². The third kappa shape index (κ3) is 3.83. The number of benzodiazepines with no additional fused rings is 1. The normalized spacial score (nSPS) is 16.0. The second-order valence-corrected chi connectivity index (χ2v) is 6.40. The van der Waals surface area contributed by atoms with E-state index in [0.29, 0.717) is 22.0 Å². The SMILES string of the molecule is CN1C(=CC(N)=O)CN=C(c2ccccc2C(F)(F)F)c2cc(Cl)ccc21. The summed E-state index contributed by atoms with van der Waals surface area (Å²) in [4.78, 5) is 17.4. The van der Waals surface area contributed by atoms with Crippen molar-refractivity contribution in [2.24, 2.45) is 10.7 Å². The number of alkyl halides is 3. The molecule has 0 atom stereocenters. The molecule has 0 aromatic heterocycles. The summed E-state index contributed by atoms with van der Waals surface area (Å²) in [6, 6.07) is 10.1. The number of aliphatic imine (C=N–C) groups is 1. The number of halogens is 4. The number of likely N-dealkylation sites (N-methyl/N-ethyl adjacent to an activating group) is 1. The largest absolute Gasteiger partial charge is 0.417 e. The summed E-state index contributed by atoms with van der Waals surface area (Å²) in [5.41, 5.74) is 6.03. The van der Waals surface area contributed by atoms with Gasteiger partial charge in [0.1, 0.15) is 0 Å². The molecule has 0 saturated heterocycles. The number of nitrogens with two attached hydrogens (primary N) is 1. The van der Waals surface area contributed by atoms with Gasteiger partial charge in [-0.15, -0.1) is 0 Å². The Kier molecular flexibility index (Phi) is 4.97. The molecule has 140 valence electrons. The first-order valence-electron chi connectivity index (χ1n) is 7.93. The third-order valence-electron chi connectivity index (χ3n) is 4.20. The minimum atomic E-state index is -4.54. The van der Waals surface area contributed by atoms with Gasteiger partial charge in [0, 0.05) is 35.0 Å². The van der Waals surface area contributed by atoms with Crippen molar-refractivity contribution in [2.75, 3.05) is 18.5 Å². The van der Waals surface area contributed by atoms with Crippen molar-refractivity contribution < 1.29 is 18.0 Å². The van der Waals surface area contributed by atoms with Gasteiger partial charge in [-0.1, -0.05) is 29.8 Å². The Morgan fingerprint density at radius 1 is 1.22 bits per heavy atom. The monoisotopic (exact) mass is 393 g/mol. The van der Waals surface area contributed by atoms with Crippen molar-refractivity contribution in [1.29, 1.82) is 0 Å². The molecule has 2 aromatic rings. The zero-order valence-electron chi connectivity index (χ0n) is 14.2. The number of hydrogen-bond acceptors (Lipinski definition) is 3. The van der Waals surface area contributed by atoms with Gasteiger partial charge in [0.25, 0.3) is 0 Å². The topological polar surface area (TPSA) is 58.7 Å². The Balaban J connectivity index is 2.28. The van der Waals surface area contributed by atoms with E-state index in [1.165, 1.54) is 24.3 Å². The highest BCUT2D eigenvalue weighted by Gasteiger charge is 2.35. The summed E-state index contributed by atoms with van der Waals surface area (Å²) >= 11 is 6.10. The number of nitrogens with zero attached hydrogens (tertiary/aromatic N) is 2. The maximum absolute atomic E-state index is 13.5. The van der Waals surface area contributed by atoms with Crippen LogP contribution in [0, 0.1) is 0 Å². The van der Waals surface area contributed by atoms with E-state index in [-0.39, 0.29) is 17.8 Å². The van der Waals surface area contributed by atoms with Gasteiger partial charge in [0.15, 0.2) is 0 Å². The number of amides is 1. The number of hydrogen-bond donors (Lipinski definition) is 1. The molecule has 1 aliphatic rings. The molecule has 8 heteroatoms. The maximum Gasteiger partial charge on any atom is 0.417 e. The maximum atomic E-state index is 13.5. The fourth-order valence-electron chi connectivity index (χ4n) is 2.97. The van der Waals surface area contributed by atoms with Crippen LogP contribution in [0.2, 0.25) is 5.02 Å². The van der Waals surface area contributed by atoms with Gasteiger partial charge in [-0.2, -0.15) is 13.2 Å². The number of carbonyl (C=O) groups excluding carboxylic acids is 1. The molecule has 4 nitrogen and oxygen atoms in total. The Morgan fingerprint density at radius 2 is 1.93 bits per heavy atom. The molecular formula is C19H15ClF3N3O. The van der Waals surface area contributed by atoms with E-state index in [0.717, 1.165) is 6.07 Å². The summed E-state index contributed by atoms with van der Waals surface area (Å²) in [5.74, 6) is -0.665. The van der Waals surface area contributed by atoms with E-state index < -0.39 is 17.6 Å². The van der Waals surface area contributed by atoms with Crippen LogP contribution < -0.4 is 10.6 Å². The molecule has 0 aliphatic carbocycles. The molecule has 0 bridgehead atoms. The first-order chi connectivity index (χ1) is 12.7. The van der Waals surface area contributed by atoms with Crippen molar-refractivity contribution in [1.82, 2.24) is 0 Å². The van der Waals surface area contributed by atoms with Crippen LogP contribution in [0.15, 0.2) is 59.2 Å². The third-order valence-corrected chi connectivity index (χ3v) is 4.44. The highest BCUT2D eigenvalue weighted by Crippen LogP contribution is 2.36. The fourth-order valence-corrected chi connectivity index (χ4v) is 3.14. The zero-order valence-corrected chi connectivity index (χ0v) is 15.0. The molecule has 2 aromatic carbocycles. The van der Waals surface area contributed by atoms with E-state index in [1.54, 1.807) is 30.1 Å². The lowest BCUT2D eigenvalue weighted by molar-refractivity contribution is -0.137. The van der Waals surface area contributed by atoms with Crippen molar-refractivity contribution >= 4 is 28.9 Å². The smallest absolute Gasteiger partial charge is 0.366 e. The lowest BCUT2D eigenvalue weighted by Crippen LogP contribution is -2.21. The summed E-state index contributed by atoms with van der Waals surface area (Å²) in [6.07, 6.45) is -3.33. The average molecular weight is 394 g/mol. The summed E-state index contributed by atoms with van der Waals surface area (Å²) < 4.78 is 40.6. The highest BCUT2D eigenvalue weighted by atomic mass is 35.5. The first-order valence-corrected chi connectivity index (χ1v) is 8.31. The molecular weight excluding hydrogens is 379 g/mol. The second kappa shape index (κ2) is 7.08. The van der Waals surface area contributed by atoms with Crippen molar-refractivity contribution in [3.63, 3.8) is 0 Å². The molecule has 1 amide bonds. The second-order valence-electron chi connectivity index (χ2n) is 5.97. The average Bonchev–Trinajstić information content (AvgIpc) is 2.71. The zero-order chi connectivity index (χ0) is 19.8. The summed E-state index contributed by atoms with van der Waals surface area (Å²) in [5, 5.41) is 0.363. The first kappa shape index (κ1) is 19.0. The molecule has 0 saturated carbocycles. The number of anilines is 1. The predicted molar refractivity (Wildman–Crippen MR) is 99.1 cm³/mol. The number of fused-ring (bicyclic) bond motifs is 1. The molecule has 1 aliphatic heterocycles. The Bertz CT molecular complexity index is 967. The molecule has 0 spiro atoms. The molecule has 1 heterocycles. The molecule has 27 heavy (non-hydrogen) atoms. The van der Waals surface area contributed by atoms with Gasteiger partial charge in [-0.05, 0) is 24.3 Å². The predicted octanol–water partition coefficient (Wildman–Crippen LogP) is 4.02. The number of rotatable bonds is 2. The van der Waals surface area contributed by atoms with Gasteiger partial charge < -0.3 is 10.6 Å². The molecule has 3 rings (SSSR count). The number of carbonyl (C=O) groups is 1. The minimum absolute atomic E-state index is 0.00668. The van der Waals surface area contributed by atoms with Crippen LogP contribution in [0.3, 0.4) is 0 Å². The van der Waals surface area contributed by atoms with E-state index in [9.17, 15) is 18.0 Å². The quantitative estimate of drug-likeness (QED) is 0.783. The van der Waals surface area contributed by atoms with E-state index >= 15 is 0 Å². The molecule has 2 N–H and O–H groups in total. The van der Waals surface area contributed by atoms with Gasteiger partial charge in [0.05, 0.1) is 23.5 Å². The molecule has 0 unspecified atom stereocenters. The Hall–Kier alpha value is -2.80. The van der Waals surface area contributed by atoms with Gasteiger partial charge in [-0.25, -0.2) is 0 Å². The van der Waals surface area contributed by atoms with E-state index in [1.807, 2.05) is 0 Å². The van der Waals surface area contributed by atoms with Crippen molar-refractivity contribution in [2.45, 2.75) is 6.18 Å². The van der Waals surface area contributed by atoms with Crippen LogP contribution in [0.1, 0.15) is 16.7 Å². The van der Waals surface area contributed by atoms with Gasteiger partial charge in [-0.3, -0.25) is 9.79 Å². The standard InChI is InChI=1S/C19H15ClF3N3O/c1-26-12(9-17(24)27)10-25-18(14-8-11(20)6-7-16(14)26)13-4-2-3-5-15(13)19(21,22)23/h2-9H,10H2,1H3,(H2,24,27). The van der Waals surface area contributed by atoms with Crippen LogP contribution >= 0.6 is 11.6 Å². The van der Waals surface area contributed by atoms with E-state index in [2.05, 4.69) is 4.99 Å². The van der Waals surface area contributed by atoms with Crippen molar-refractivity contribution in [3.8, 4) is 0 Å². The van der Waals surface area contributed by atoms with E-state index in [4.69, 9.17) is 17.3 Å². The summed E-state index contributed by atoms with van der Waals surface area (Å²) in [6.45, 7) is -0.00668. The highest BCUT2D eigenvalue weighted by molar-refractivity contribution is 6.31. The van der Waals surface area contributed by atoms with Gasteiger partial charge >= 0.3 is 6.18 Å². The Labute approximate surface area is 158 Å². The van der Waals surface area contributed by atoms with Crippen LogP contribution in [0.4, 0.5) is 18.9 Å². The fraction of sp³-hybridized carbons (Fsp3) is 0.158.